The molecule has 0 fully saturated rings. The molecule has 0 aromatic rings. The second kappa shape index (κ2) is 6.05. The molecule has 0 unspecified atom stereocenters. The first-order chi connectivity index (χ1) is 3.41. The van der Waals surface area contributed by atoms with Gasteiger partial charge in [0.25, 0.3) is 0 Å². The lowest BCUT2D eigenvalue weighted by Gasteiger charge is -1.79. The van der Waals surface area contributed by atoms with Crippen LogP contribution in [0.1, 0.15) is 6.42 Å². The van der Waals surface area contributed by atoms with Gasteiger partial charge in [0.05, 0.1) is 0 Å². The summed E-state index contributed by atoms with van der Waals surface area (Å²) < 4.78 is 0. The number of allylic oxidation sites excluding steroid dienone is 1. The van der Waals surface area contributed by atoms with E-state index in [4.69, 9.17) is 5.73 Å². The van der Waals surface area contributed by atoms with Crippen molar-refractivity contribution in [2.45, 2.75) is 6.42 Å². The van der Waals surface area contributed by atoms with E-state index in [2.05, 4.69) is 12.6 Å². The average Bonchev–Trinajstić information content (AvgIpc) is 1.69. The van der Waals surface area contributed by atoms with Crippen LogP contribution in [-0.2, 0) is 0 Å². The summed E-state index contributed by atoms with van der Waals surface area (Å²) in [6, 6.07) is 0. The zero-order valence-corrected chi connectivity index (χ0v) is 5.20. The summed E-state index contributed by atoms with van der Waals surface area (Å²) >= 11 is 4.00. The van der Waals surface area contributed by atoms with E-state index >= 15 is 0 Å². The third kappa shape index (κ3) is 6.05. The zero-order valence-electron chi connectivity index (χ0n) is 4.30. The Kier molecular flexibility index (Phi) is 6.09. The quantitative estimate of drug-likeness (QED) is 0.415. The van der Waals surface area contributed by atoms with Gasteiger partial charge < -0.3 is 5.73 Å². The molecular formula is C5H11NS. The Labute approximate surface area is 50.0 Å². The summed E-state index contributed by atoms with van der Waals surface area (Å²) in [5, 5.41) is 0. The van der Waals surface area contributed by atoms with E-state index < -0.39 is 0 Å². The van der Waals surface area contributed by atoms with Gasteiger partial charge in [0.2, 0.25) is 0 Å². The van der Waals surface area contributed by atoms with Crippen molar-refractivity contribution in [1.29, 1.82) is 0 Å². The Balaban J connectivity index is 2.78. The summed E-state index contributed by atoms with van der Waals surface area (Å²) in [5.41, 5.74) is 5.16. The minimum Gasteiger partial charge on any atom is -0.327 e. The predicted molar refractivity (Wildman–Crippen MR) is 36.7 cm³/mol. The maximum atomic E-state index is 5.16. The first-order valence-corrected chi connectivity index (χ1v) is 3.01. The molecule has 0 rings (SSSR count). The standard InChI is InChI=1S/C5H11NS/c6-4-2-1-3-5-7/h1-2,7H,3-6H2. The van der Waals surface area contributed by atoms with E-state index in [1.165, 1.54) is 0 Å². The van der Waals surface area contributed by atoms with Gasteiger partial charge in [0.1, 0.15) is 0 Å². The minimum absolute atomic E-state index is 0.647. The van der Waals surface area contributed by atoms with Gasteiger partial charge in [-0.15, -0.1) is 0 Å². The van der Waals surface area contributed by atoms with E-state index in [0.29, 0.717) is 6.54 Å². The molecule has 0 amide bonds. The van der Waals surface area contributed by atoms with Crippen LogP contribution in [0.3, 0.4) is 0 Å². The molecule has 0 aromatic carbocycles. The molecule has 0 saturated heterocycles. The highest BCUT2D eigenvalue weighted by Gasteiger charge is 1.68. The van der Waals surface area contributed by atoms with Crippen LogP contribution < -0.4 is 5.73 Å². The molecule has 0 radical (unpaired) electrons. The zero-order chi connectivity index (χ0) is 5.54. The Morgan fingerprint density at radius 3 is 2.57 bits per heavy atom. The molecule has 0 aromatic heterocycles. The largest absolute Gasteiger partial charge is 0.327 e. The molecule has 0 aliphatic heterocycles. The molecule has 42 valence electrons. The minimum atomic E-state index is 0.647. The molecule has 7 heavy (non-hydrogen) atoms. The summed E-state index contributed by atoms with van der Waals surface area (Å²) in [4.78, 5) is 0. The molecule has 2 N–H and O–H groups in total. The van der Waals surface area contributed by atoms with Crippen molar-refractivity contribution < 1.29 is 0 Å². The summed E-state index contributed by atoms with van der Waals surface area (Å²) in [6.45, 7) is 0.647. The topological polar surface area (TPSA) is 26.0 Å². The van der Waals surface area contributed by atoms with Crippen molar-refractivity contribution in [3.63, 3.8) is 0 Å². The maximum Gasteiger partial charge on any atom is 0.0106 e. The predicted octanol–water partition coefficient (Wildman–Crippen LogP) is 0.821. The Morgan fingerprint density at radius 2 is 2.14 bits per heavy atom. The molecule has 0 atom stereocenters. The lowest BCUT2D eigenvalue weighted by molar-refractivity contribution is 1.19. The van der Waals surface area contributed by atoms with E-state index in [1.807, 2.05) is 12.2 Å². The summed E-state index contributed by atoms with van der Waals surface area (Å²) in [5.74, 6) is 0.913. The van der Waals surface area contributed by atoms with Crippen LogP contribution in [0.2, 0.25) is 0 Å². The average molecular weight is 117 g/mol. The first-order valence-electron chi connectivity index (χ1n) is 2.37. The van der Waals surface area contributed by atoms with Gasteiger partial charge in [-0.3, -0.25) is 0 Å². The molecule has 1 nitrogen and oxygen atoms in total. The summed E-state index contributed by atoms with van der Waals surface area (Å²) in [7, 11) is 0. The van der Waals surface area contributed by atoms with Gasteiger partial charge in [-0.2, -0.15) is 12.6 Å². The SMILES string of the molecule is NCC=CCCS. The third-order valence-corrected chi connectivity index (χ3v) is 0.857. The first kappa shape index (κ1) is 7.05. The second-order valence-corrected chi connectivity index (χ2v) is 1.67. The lowest BCUT2D eigenvalue weighted by atomic mass is 10.4. The van der Waals surface area contributed by atoms with Crippen molar-refractivity contribution in [1.82, 2.24) is 0 Å². The van der Waals surface area contributed by atoms with Crippen molar-refractivity contribution in [2.75, 3.05) is 12.3 Å². The number of nitrogens with two attached hydrogens (primary N) is 1. The van der Waals surface area contributed by atoms with Crippen LogP contribution in [0.15, 0.2) is 12.2 Å². The highest BCUT2D eigenvalue weighted by Crippen LogP contribution is 1.83. The van der Waals surface area contributed by atoms with Crippen LogP contribution in [0.25, 0.3) is 0 Å². The van der Waals surface area contributed by atoms with E-state index in [1.54, 1.807) is 0 Å². The van der Waals surface area contributed by atoms with Gasteiger partial charge in [0, 0.05) is 6.54 Å². The van der Waals surface area contributed by atoms with Crippen LogP contribution in [0.5, 0.6) is 0 Å². The van der Waals surface area contributed by atoms with Crippen LogP contribution >= 0.6 is 12.6 Å². The number of hydrogen-bond acceptors (Lipinski definition) is 2. The highest BCUT2D eigenvalue weighted by molar-refractivity contribution is 7.80. The van der Waals surface area contributed by atoms with Gasteiger partial charge in [-0.05, 0) is 12.2 Å². The fourth-order valence-electron chi connectivity index (χ4n) is 0.289. The van der Waals surface area contributed by atoms with E-state index in [-0.39, 0.29) is 0 Å². The number of thiol groups is 1. The van der Waals surface area contributed by atoms with Gasteiger partial charge in [-0.25, -0.2) is 0 Å². The van der Waals surface area contributed by atoms with Crippen LogP contribution in [0, 0.1) is 0 Å². The molecular weight excluding hydrogens is 106 g/mol. The highest BCUT2D eigenvalue weighted by atomic mass is 32.1. The van der Waals surface area contributed by atoms with Crippen molar-refractivity contribution >= 4 is 12.6 Å². The third-order valence-electron chi connectivity index (χ3n) is 0.599. The fourth-order valence-corrected chi connectivity index (χ4v) is 0.438. The molecule has 0 bridgehead atoms. The Morgan fingerprint density at radius 1 is 1.43 bits per heavy atom. The molecule has 2 heteroatoms. The van der Waals surface area contributed by atoms with Gasteiger partial charge in [0.15, 0.2) is 0 Å². The van der Waals surface area contributed by atoms with Crippen LogP contribution in [0.4, 0.5) is 0 Å². The second-order valence-electron chi connectivity index (χ2n) is 1.22. The van der Waals surface area contributed by atoms with Gasteiger partial charge >= 0.3 is 0 Å². The molecule has 0 aliphatic carbocycles. The van der Waals surface area contributed by atoms with E-state index in [9.17, 15) is 0 Å². The molecule has 0 saturated carbocycles. The van der Waals surface area contributed by atoms with Gasteiger partial charge in [-0.1, -0.05) is 12.2 Å². The summed E-state index contributed by atoms with van der Waals surface area (Å²) in [6.07, 6.45) is 5.00. The normalized spacial score (nSPS) is 10.6. The Bertz CT molecular complexity index is 52.0. The smallest absolute Gasteiger partial charge is 0.0106 e. The lowest BCUT2D eigenvalue weighted by Crippen LogP contribution is -1.91. The molecule has 0 aliphatic rings. The maximum absolute atomic E-state index is 5.16. The number of rotatable bonds is 3. The monoisotopic (exact) mass is 117 g/mol. The van der Waals surface area contributed by atoms with Crippen molar-refractivity contribution in [2.24, 2.45) is 5.73 Å². The molecule has 0 spiro atoms. The van der Waals surface area contributed by atoms with Crippen molar-refractivity contribution in [3.8, 4) is 0 Å². The molecule has 0 heterocycles. The Hall–Kier alpha value is 0.0500. The fraction of sp³-hybridized carbons (Fsp3) is 0.600. The van der Waals surface area contributed by atoms with Crippen molar-refractivity contribution in [3.05, 3.63) is 12.2 Å². The van der Waals surface area contributed by atoms with Crippen LogP contribution in [-0.4, -0.2) is 12.3 Å². The number of hydrogen-bond donors (Lipinski definition) is 2. The van der Waals surface area contributed by atoms with E-state index in [0.717, 1.165) is 12.2 Å².